The number of carbonyl (C=O) groups excluding carboxylic acids is 1. The van der Waals surface area contributed by atoms with Gasteiger partial charge in [0.05, 0.1) is 19.8 Å². The number of hydrogen-bond acceptors (Lipinski definition) is 6. The summed E-state index contributed by atoms with van der Waals surface area (Å²) >= 11 is 0. The normalized spacial score (nSPS) is 10.3. The third-order valence-corrected chi connectivity index (χ3v) is 3.67. The van der Waals surface area contributed by atoms with Crippen molar-refractivity contribution in [2.45, 2.75) is 6.92 Å². The minimum absolute atomic E-state index is 0.0486. The highest BCUT2D eigenvalue weighted by Crippen LogP contribution is 2.30. The quantitative estimate of drug-likeness (QED) is 0.799. The predicted molar refractivity (Wildman–Crippen MR) is 94.5 cm³/mol. The number of nitrogens with two attached hydrogens (primary N) is 1. The Morgan fingerprint density at radius 2 is 1.84 bits per heavy atom. The Bertz CT molecular complexity index is 760. The van der Waals surface area contributed by atoms with Gasteiger partial charge in [-0.15, -0.1) is 0 Å². The third kappa shape index (κ3) is 4.09. The van der Waals surface area contributed by atoms with Gasteiger partial charge < -0.3 is 25.4 Å². The number of methoxy groups -OCH3 is 2. The van der Waals surface area contributed by atoms with E-state index in [2.05, 4.69) is 10.3 Å². The Balaban J connectivity index is 2.52. The van der Waals surface area contributed by atoms with Crippen molar-refractivity contribution in [1.29, 1.82) is 0 Å². The van der Waals surface area contributed by atoms with Crippen LogP contribution >= 0.6 is 0 Å². The van der Waals surface area contributed by atoms with Crippen LogP contribution in [0, 0.1) is 5.82 Å². The fourth-order valence-corrected chi connectivity index (χ4v) is 2.20. The highest BCUT2D eigenvalue weighted by atomic mass is 19.1. The molecular weight excluding hydrogens is 327 g/mol. The van der Waals surface area contributed by atoms with E-state index in [4.69, 9.17) is 15.2 Å². The maximum atomic E-state index is 14.2. The number of primary amides is 1. The molecule has 7 nitrogen and oxygen atoms in total. The average Bonchev–Trinajstić information content (AvgIpc) is 2.61. The largest absolute Gasteiger partial charge is 0.497 e. The molecule has 1 amide bonds. The summed E-state index contributed by atoms with van der Waals surface area (Å²) in [5.74, 6) is -0.0308. The Morgan fingerprint density at radius 3 is 2.32 bits per heavy atom. The number of nitrogens with zero attached hydrogens (tertiary/aromatic N) is 2. The van der Waals surface area contributed by atoms with E-state index in [9.17, 15) is 9.18 Å². The van der Waals surface area contributed by atoms with Crippen LogP contribution in [-0.4, -0.2) is 38.7 Å². The van der Waals surface area contributed by atoms with Gasteiger partial charge in [-0.3, -0.25) is 4.79 Å². The molecule has 1 aromatic heterocycles. The molecule has 0 atom stereocenters. The minimum Gasteiger partial charge on any atom is -0.497 e. The van der Waals surface area contributed by atoms with Crippen LogP contribution in [0.25, 0.3) is 0 Å². The second-order valence-electron chi connectivity index (χ2n) is 5.29. The SMILES string of the molecule is CCN(C)c1nc(Nc2cc(OC)cc(OC)c2)c(C(N)=O)cc1F. The van der Waals surface area contributed by atoms with Gasteiger partial charge in [-0.05, 0) is 13.0 Å². The van der Waals surface area contributed by atoms with E-state index in [0.29, 0.717) is 23.7 Å². The van der Waals surface area contributed by atoms with Crippen molar-refractivity contribution < 1.29 is 18.7 Å². The first-order valence-corrected chi connectivity index (χ1v) is 7.61. The minimum atomic E-state index is -0.783. The Morgan fingerprint density at radius 1 is 1.24 bits per heavy atom. The van der Waals surface area contributed by atoms with Crippen LogP contribution in [0.15, 0.2) is 24.3 Å². The van der Waals surface area contributed by atoms with Crippen molar-refractivity contribution in [3.05, 3.63) is 35.6 Å². The van der Waals surface area contributed by atoms with Gasteiger partial charge in [0.2, 0.25) is 0 Å². The van der Waals surface area contributed by atoms with Gasteiger partial charge in [0.15, 0.2) is 11.6 Å². The van der Waals surface area contributed by atoms with Gasteiger partial charge in [-0.2, -0.15) is 0 Å². The number of benzene rings is 1. The molecule has 0 bridgehead atoms. The number of ether oxygens (including phenoxy) is 2. The molecule has 134 valence electrons. The van der Waals surface area contributed by atoms with Gasteiger partial charge in [0.1, 0.15) is 17.3 Å². The Hall–Kier alpha value is -3.03. The van der Waals surface area contributed by atoms with Crippen molar-refractivity contribution in [3.63, 3.8) is 0 Å². The van der Waals surface area contributed by atoms with Gasteiger partial charge in [0.25, 0.3) is 5.91 Å². The first-order chi connectivity index (χ1) is 11.9. The van der Waals surface area contributed by atoms with E-state index in [1.807, 2.05) is 6.92 Å². The first-order valence-electron chi connectivity index (χ1n) is 7.61. The summed E-state index contributed by atoms with van der Waals surface area (Å²) < 4.78 is 24.6. The highest BCUT2D eigenvalue weighted by molar-refractivity contribution is 5.98. The fraction of sp³-hybridized carbons (Fsp3) is 0.294. The summed E-state index contributed by atoms with van der Waals surface area (Å²) in [6.45, 7) is 2.41. The number of carbonyl (C=O) groups is 1. The van der Waals surface area contributed by atoms with Crippen LogP contribution in [0.1, 0.15) is 17.3 Å². The van der Waals surface area contributed by atoms with E-state index in [1.165, 1.54) is 14.2 Å². The van der Waals surface area contributed by atoms with Gasteiger partial charge in [-0.1, -0.05) is 0 Å². The molecule has 0 saturated carbocycles. The summed E-state index contributed by atoms with van der Waals surface area (Å²) in [6, 6.07) is 6.17. The molecule has 1 heterocycles. The maximum Gasteiger partial charge on any atom is 0.252 e. The second-order valence-corrected chi connectivity index (χ2v) is 5.29. The van der Waals surface area contributed by atoms with E-state index >= 15 is 0 Å². The third-order valence-electron chi connectivity index (χ3n) is 3.67. The molecule has 0 aliphatic heterocycles. The summed E-state index contributed by atoms with van der Waals surface area (Å²) in [7, 11) is 4.75. The molecule has 0 aliphatic carbocycles. The molecule has 0 unspecified atom stereocenters. The lowest BCUT2D eigenvalue weighted by Gasteiger charge is -2.19. The number of halogens is 1. The van der Waals surface area contributed by atoms with Crippen LogP contribution in [0.4, 0.5) is 21.7 Å². The first kappa shape index (κ1) is 18.3. The zero-order valence-corrected chi connectivity index (χ0v) is 14.6. The van der Waals surface area contributed by atoms with Gasteiger partial charge in [-0.25, -0.2) is 9.37 Å². The number of aromatic nitrogens is 1. The molecule has 2 rings (SSSR count). The monoisotopic (exact) mass is 348 g/mol. The number of rotatable bonds is 7. The van der Waals surface area contributed by atoms with Crippen molar-refractivity contribution in [2.75, 3.05) is 38.0 Å². The van der Waals surface area contributed by atoms with E-state index in [1.54, 1.807) is 30.1 Å². The molecule has 8 heteroatoms. The number of nitrogens with one attached hydrogen (secondary N) is 1. The Kier molecular flexibility index (Phi) is 5.63. The maximum absolute atomic E-state index is 14.2. The summed E-state index contributed by atoms with van der Waals surface area (Å²) in [5.41, 5.74) is 5.87. The summed E-state index contributed by atoms with van der Waals surface area (Å²) in [5, 5.41) is 2.98. The molecule has 0 aliphatic rings. The lowest BCUT2D eigenvalue weighted by molar-refractivity contribution is 0.100. The van der Waals surface area contributed by atoms with E-state index in [-0.39, 0.29) is 17.2 Å². The second kappa shape index (κ2) is 7.69. The van der Waals surface area contributed by atoms with Crippen molar-refractivity contribution in [1.82, 2.24) is 4.98 Å². The molecule has 1 aromatic carbocycles. The predicted octanol–water partition coefficient (Wildman–Crippen LogP) is 2.54. The lowest BCUT2D eigenvalue weighted by atomic mass is 10.2. The topological polar surface area (TPSA) is 89.7 Å². The zero-order chi connectivity index (χ0) is 18.6. The number of anilines is 3. The number of amides is 1. The van der Waals surface area contributed by atoms with Crippen LogP contribution in [0.2, 0.25) is 0 Å². The molecule has 0 saturated heterocycles. The standard InChI is InChI=1S/C17H21FN4O3/c1-5-22(2)17-14(18)9-13(15(19)23)16(21-17)20-10-6-11(24-3)8-12(7-10)25-4/h6-9H,5H2,1-4H3,(H2,19,23)(H,20,21). The van der Waals surface area contributed by atoms with Crippen LogP contribution in [-0.2, 0) is 0 Å². The highest BCUT2D eigenvalue weighted by Gasteiger charge is 2.18. The number of pyridine rings is 1. The smallest absolute Gasteiger partial charge is 0.252 e. The van der Waals surface area contributed by atoms with Crippen molar-refractivity contribution in [2.24, 2.45) is 5.73 Å². The molecule has 0 radical (unpaired) electrons. The molecule has 3 N–H and O–H groups in total. The van der Waals surface area contributed by atoms with Crippen LogP contribution in [0.3, 0.4) is 0 Å². The number of hydrogen-bond donors (Lipinski definition) is 2. The van der Waals surface area contributed by atoms with Crippen LogP contribution < -0.4 is 25.4 Å². The van der Waals surface area contributed by atoms with Crippen molar-refractivity contribution >= 4 is 23.2 Å². The van der Waals surface area contributed by atoms with Crippen molar-refractivity contribution in [3.8, 4) is 11.5 Å². The lowest BCUT2D eigenvalue weighted by Crippen LogP contribution is -2.21. The average molecular weight is 348 g/mol. The molecule has 0 spiro atoms. The zero-order valence-electron chi connectivity index (χ0n) is 14.6. The fourth-order valence-electron chi connectivity index (χ4n) is 2.20. The molecule has 0 fully saturated rings. The summed E-state index contributed by atoms with van der Waals surface area (Å²) in [4.78, 5) is 17.5. The molecular formula is C17H21FN4O3. The van der Waals surface area contributed by atoms with E-state index < -0.39 is 11.7 Å². The van der Waals surface area contributed by atoms with E-state index in [0.717, 1.165) is 6.07 Å². The summed E-state index contributed by atoms with van der Waals surface area (Å²) in [6.07, 6.45) is 0. The van der Waals surface area contributed by atoms with Crippen LogP contribution in [0.5, 0.6) is 11.5 Å². The van der Waals surface area contributed by atoms with Gasteiger partial charge >= 0.3 is 0 Å². The molecule has 2 aromatic rings. The molecule has 25 heavy (non-hydrogen) atoms. The van der Waals surface area contributed by atoms with Gasteiger partial charge in [0, 0.05) is 37.5 Å². The Labute approximate surface area is 145 Å².